The molecule has 0 saturated carbocycles. The van der Waals surface area contributed by atoms with E-state index in [1.807, 2.05) is 70.2 Å². The zero-order chi connectivity index (χ0) is 25.5. The first-order valence-electron chi connectivity index (χ1n) is 11.5. The number of anilines is 1. The van der Waals surface area contributed by atoms with Gasteiger partial charge in [0.15, 0.2) is 0 Å². The summed E-state index contributed by atoms with van der Waals surface area (Å²) in [5.74, 6) is -0.718. The summed E-state index contributed by atoms with van der Waals surface area (Å²) in [4.78, 5) is 27.8. The van der Waals surface area contributed by atoms with E-state index in [1.165, 1.54) is 4.90 Å². The second-order valence-corrected chi connectivity index (χ2v) is 11.4. The van der Waals surface area contributed by atoms with Gasteiger partial charge in [0.25, 0.3) is 0 Å². The molecule has 2 aromatic carbocycles. The molecule has 8 heteroatoms. The summed E-state index contributed by atoms with van der Waals surface area (Å²) in [5.41, 5.74) is 2.06. The van der Waals surface area contributed by atoms with Gasteiger partial charge in [-0.05, 0) is 63.8 Å². The number of carbonyl (C=O) groups is 2. The minimum Gasteiger partial charge on any atom is -0.350 e. The van der Waals surface area contributed by atoms with Crippen LogP contribution in [0.1, 0.15) is 45.7 Å². The molecule has 0 bridgehead atoms. The number of nitrogens with one attached hydrogen (secondary N) is 1. The lowest BCUT2D eigenvalue weighted by atomic mass is 10.1. The first-order chi connectivity index (χ1) is 15.8. The van der Waals surface area contributed by atoms with Crippen LogP contribution in [0.4, 0.5) is 5.69 Å². The first-order valence-corrected chi connectivity index (χ1v) is 13.4. The molecular weight excluding hydrogens is 450 g/mol. The Labute approximate surface area is 204 Å². The van der Waals surface area contributed by atoms with Crippen LogP contribution < -0.4 is 9.62 Å². The molecule has 0 unspecified atom stereocenters. The van der Waals surface area contributed by atoms with Gasteiger partial charge in [-0.15, -0.1) is 0 Å². The lowest BCUT2D eigenvalue weighted by Crippen LogP contribution is -2.55. The second-order valence-electron chi connectivity index (χ2n) is 9.53. The maximum absolute atomic E-state index is 13.5. The van der Waals surface area contributed by atoms with Crippen molar-refractivity contribution in [1.29, 1.82) is 0 Å². The normalized spacial score (nSPS) is 12.6. The van der Waals surface area contributed by atoms with Gasteiger partial charge in [0.05, 0.1) is 11.9 Å². The van der Waals surface area contributed by atoms with Gasteiger partial charge in [0, 0.05) is 12.1 Å². The van der Waals surface area contributed by atoms with Crippen LogP contribution >= 0.6 is 0 Å². The molecule has 1 atom stereocenters. The summed E-state index contributed by atoms with van der Waals surface area (Å²) in [7, 11) is -3.72. The molecule has 0 heterocycles. The molecule has 0 aliphatic carbocycles. The quantitative estimate of drug-likeness (QED) is 0.557. The fourth-order valence-electron chi connectivity index (χ4n) is 3.56. The molecule has 0 aliphatic heterocycles. The standard InChI is InChI=1S/C26H37N3O4S/c1-7-21-13-15-23(16-14-21)29(34(6,32)33)19-24(30)28(18-17-22-11-9-8-10-12-22)20(2)25(31)27-26(3,4)5/h8-16,20H,7,17-19H2,1-6H3,(H,27,31)/t20-/m0/s1. The molecule has 0 fully saturated rings. The van der Waals surface area contributed by atoms with Crippen molar-refractivity contribution in [3.63, 3.8) is 0 Å². The van der Waals surface area contributed by atoms with Crippen molar-refractivity contribution in [1.82, 2.24) is 10.2 Å². The largest absolute Gasteiger partial charge is 0.350 e. The predicted octanol–water partition coefficient (Wildman–Crippen LogP) is 3.39. The number of benzene rings is 2. The summed E-state index contributed by atoms with van der Waals surface area (Å²) < 4.78 is 26.3. The van der Waals surface area contributed by atoms with Crippen molar-refractivity contribution in [3.8, 4) is 0 Å². The molecule has 0 saturated heterocycles. The molecule has 1 N–H and O–H groups in total. The van der Waals surface area contributed by atoms with E-state index < -0.39 is 27.5 Å². The molecule has 0 spiro atoms. The minimum absolute atomic E-state index is 0.285. The number of sulfonamides is 1. The monoisotopic (exact) mass is 487 g/mol. The number of hydrogen-bond acceptors (Lipinski definition) is 4. The maximum Gasteiger partial charge on any atom is 0.244 e. The summed E-state index contributed by atoms with van der Waals surface area (Å²) in [6, 6.07) is 16.0. The topological polar surface area (TPSA) is 86.8 Å². The van der Waals surface area contributed by atoms with E-state index in [-0.39, 0.29) is 19.0 Å². The van der Waals surface area contributed by atoms with E-state index in [0.29, 0.717) is 12.1 Å². The molecule has 2 amide bonds. The van der Waals surface area contributed by atoms with E-state index in [1.54, 1.807) is 19.1 Å². The first kappa shape index (κ1) is 27.4. The number of hydrogen-bond donors (Lipinski definition) is 1. The van der Waals surface area contributed by atoms with Gasteiger partial charge in [-0.2, -0.15) is 0 Å². The Hall–Kier alpha value is -2.87. The summed E-state index contributed by atoms with van der Waals surface area (Å²) in [5, 5.41) is 2.92. The third-order valence-corrected chi connectivity index (χ3v) is 6.60. The highest BCUT2D eigenvalue weighted by Crippen LogP contribution is 2.20. The van der Waals surface area contributed by atoms with E-state index in [2.05, 4.69) is 5.32 Å². The van der Waals surface area contributed by atoms with Crippen LogP contribution in [-0.2, 0) is 32.5 Å². The number of carbonyl (C=O) groups excluding carboxylic acids is 2. The number of rotatable bonds is 10. The van der Waals surface area contributed by atoms with Crippen LogP contribution in [-0.4, -0.2) is 56.1 Å². The van der Waals surface area contributed by atoms with Crippen molar-refractivity contribution >= 4 is 27.5 Å². The third kappa shape index (κ3) is 8.17. The van der Waals surface area contributed by atoms with E-state index >= 15 is 0 Å². The van der Waals surface area contributed by atoms with Crippen LogP contribution in [0.5, 0.6) is 0 Å². The fourth-order valence-corrected chi connectivity index (χ4v) is 4.41. The van der Waals surface area contributed by atoms with Gasteiger partial charge < -0.3 is 10.2 Å². The van der Waals surface area contributed by atoms with Crippen molar-refractivity contribution in [2.45, 2.75) is 59.0 Å². The zero-order valence-corrected chi connectivity index (χ0v) is 21.9. The Morgan fingerprint density at radius 3 is 2.06 bits per heavy atom. The van der Waals surface area contributed by atoms with Crippen LogP contribution in [0.25, 0.3) is 0 Å². The molecule has 0 radical (unpaired) electrons. The molecule has 0 aromatic heterocycles. The van der Waals surface area contributed by atoms with E-state index in [9.17, 15) is 18.0 Å². The van der Waals surface area contributed by atoms with Crippen LogP contribution in [0.2, 0.25) is 0 Å². The molecule has 2 rings (SSSR count). The molecular formula is C26H37N3O4S. The molecule has 0 aliphatic rings. The van der Waals surface area contributed by atoms with Gasteiger partial charge >= 0.3 is 0 Å². The van der Waals surface area contributed by atoms with Crippen molar-refractivity contribution in [2.24, 2.45) is 0 Å². The molecule has 186 valence electrons. The highest BCUT2D eigenvalue weighted by molar-refractivity contribution is 7.92. The SMILES string of the molecule is CCc1ccc(N(CC(=O)N(CCc2ccccc2)[C@@H](C)C(=O)NC(C)(C)C)S(C)(=O)=O)cc1. The van der Waals surface area contributed by atoms with Crippen LogP contribution in [0.3, 0.4) is 0 Å². The van der Waals surface area contributed by atoms with Gasteiger partial charge in [-0.3, -0.25) is 13.9 Å². The number of nitrogens with zero attached hydrogens (tertiary/aromatic N) is 2. The highest BCUT2D eigenvalue weighted by Gasteiger charge is 2.31. The Balaban J connectivity index is 2.31. The fraction of sp³-hybridized carbons (Fsp3) is 0.462. The molecule has 7 nitrogen and oxygen atoms in total. The average molecular weight is 488 g/mol. The Kier molecular flexibility index (Phi) is 9.27. The Morgan fingerprint density at radius 1 is 0.971 bits per heavy atom. The Bertz CT molecular complexity index is 1060. The smallest absolute Gasteiger partial charge is 0.244 e. The van der Waals surface area contributed by atoms with Crippen molar-refractivity contribution in [2.75, 3.05) is 23.7 Å². The average Bonchev–Trinajstić information content (AvgIpc) is 2.76. The van der Waals surface area contributed by atoms with E-state index in [0.717, 1.165) is 28.1 Å². The summed E-state index contributed by atoms with van der Waals surface area (Å²) in [6.07, 6.45) is 2.45. The summed E-state index contributed by atoms with van der Waals surface area (Å²) in [6.45, 7) is 9.21. The predicted molar refractivity (Wildman–Crippen MR) is 137 cm³/mol. The lowest BCUT2D eigenvalue weighted by Gasteiger charge is -2.33. The van der Waals surface area contributed by atoms with Crippen molar-refractivity contribution < 1.29 is 18.0 Å². The second kappa shape index (κ2) is 11.5. The maximum atomic E-state index is 13.5. The number of aryl methyl sites for hydroxylation is 1. The lowest BCUT2D eigenvalue weighted by molar-refractivity contribution is -0.139. The van der Waals surface area contributed by atoms with Gasteiger partial charge in [0.1, 0.15) is 12.6 Å². The van der Waals surface area contributed by atoms with Gasteiger partial charge in [0.2, 0.25) is 21.8 Å². The summed E-state index contributed by atoms with van der Waals surface area (Å²) >= 11 is 0. The number of amides is 2. The third-order valence-electron chi connectivity index (χ3n) is 5.46. The molecule has 2 aromatic rings. The van der Waals surface area contributed by atoms with Crippen molar-refractivity contribution in [3.05, 3.63) is 65.7 Å². The Morgan fingerprint density at radius 2 is 1.56 bits per heavy atom. The van der Waals surface area contributed by atoms with Crippen LogP contribution in [0, 0.1) is 0 Å². The molecule has 34 heavy (non-hydrogen) atoms. The highest BCUT2D eigenvalue weighted by atomic mass is 32.2. The minimum atomic E-state index is -3.72. The van der Waals surface area contributed by atoms with Gasteiger partial charge in [-0.25, -0.2) is 8.42 Å². The zero-order valence-electron chi connectivity index (χ0n) is 21.0. The van der Waals surface area contributed by atoms with Gasteiger partial charge in [-0.1, -0.05) is 49.4 Å². The van der Waals surface area contributed by atoms with E-state index in [4.69, 9.17) is 0 Å². The van der Waals surface area contributed by atoms with Crippen LogP contribution in [0.15, 0.2) is 54.6 Å².